The molecular formula is C12H8O2. The Bertz CT molecular complexity index is 339. The minimum atomic E-state index is 0.863. The van der Waals surface area contributed by atoms with E-state index in [4.69, 9.17) is 0 Å². The van der Waals surface area contributed by atoms with Crippen LogP contribution in [0.25, 0.3) is 12.2 Å². The predicted molar refractivity (Wildman–Crippen MR) is 55.9 cm³/mol. The summed E-state index contributed by atoms with van der Waals surface area (Å²) in [4.78, 5) is 20.0. The first kappa shape index (κ1) is 10.1. The van der Waals surface area contributed by atoms with E-state index in [-0.39, 0.29) is 0 Å². The molecule has 68 valence electrons. The Morgan fingerprint density at radius 1 is 0.857 bits per heavy atom. The molecule has 0 unspecified atom stereocenters. The van der Waals surface area contributed by atoms with E-state index in [1.807, 2.05) is 24.3 Å². The zero-order valence-electron chi connectivity index (χ0n) is 7.44. The summed E-state index contributed by atoms with van der Waals surface area (Å²) < 4.78 is 0. The predicted octanol–water partition coefficient (Wildman–Crippen LogP) is 1.93. The van der Waals surface area contributed by atoms with Crippen molar-refractivity contribution in [2.24, 2.45) is 0 Å². The Morgan fingerprint density at radius 2 is 1.29 bits per heavy atom. The summed E-state index contributed by atoms with van der Waals surface area (Å²) in [5.74, 6) is 0. The SMILES string of the molecule is O=[C]C=Cc1ccccc1C=C[C]=O. The van der Waals surface area contributed by atoms with Gasteiger partial charge in [-0.15, -0.1) is 0 Å². The molecule has 2 heteroatoms. The lowest BCUT2D eigenvalue weighted by molar-refractivity contribution is 0.563. The van der Waals surface area contributed by atoms with E-state index in [0.717, 1.165) is 11.1 Å². The second-order valence-electron chi connectivity index (χ2n) is 2.53. The van der Waals surface area contributed by atoms with E-state index in [1.54, 1.807) is 24.7 Å². The fourth-order valence-corrected chi connectivity index (χ4v) is 1.06. The summed E-state index contributed by atoms with van der Waals surface area (Å²) in [5, 5.41) is 0. The third-order valence-corrected chi connectivity index (χ3v) is 1.66. The number of allylic oxidation sites excluding steroid dienone is 2. The summed E-state index contributed by atoms with van der Waals surface area (Å²) in [6.07, 6.45) is 9.19. The van der Waals surface area contributed by atoms with Crippen LogP contribution in [0.4, 0.5) is 0 Å². The van der Waals surface area contributed by atoms with Gasteiger partial charge < -0.3 is 0 Å². The van der Waals surface area contributed by atoms with Gasteiger partial charge in [0.25, 0.3) is 0 Å². The number of hydrogen-bond acceptors (Lipinski definition) is 2. The summed E-state index contributed by atoms with van der Waals surface area (Å²) in [7, 11) is 0. The van der Waals surface area contributed by atoms with Crippen molar-refractivity contribution in [3.8, 4) is 0 Å². The van der Waals surface area contributed by atoms with Gasteiger partial charge in [-0.25, -0.2) is 0 Å². The smallest absolute Gasteiger partial charge is 0.225 e. The molecule has 1 rings (SSSR count). The van der Waals surface area contributed by atoms with Crippen molar-refractivity contribution >= 4 is 24.7 Å². The van der Waals surface area contributed by atoms with Crippen LogP contribution in [-0.2, 0) is 9.59 Å². The van der Waals surface area contributed by atoms with Crippen LogP contribution < -0.4 is 0 Å². The fourth-order valence-electron chi connectivity index (χ4n) is 1.06. The van der Waals surface area contributed by atoms with Crippen LogP contribution in [0.2, 0.25) is 0 Å². The molecule has 14 heavy (non-hydrogen) atoms. The van der Waals surface area contributed by atoms with Crippen molar-refractivity contribution in [2.75, 3.05) is 0 Å². The fraction of sp³-hybridized carbons (Fsp3) is 0. The molecule has 0 aliphatic carbocycles. The Kier molecular flexibility index (Phi) is 4.08. The van der Waals surface area contributed by atoms with Crippen LogP contribution >= 0.6 is 0 Å². The van der Waals surface area contributed by atoms with Gasteiger partial charge in [-0.05, 0) is 23.3 Å². The maximum absolute atomic E-state index is 10.0. The third-order valence-electron chi connectivity index (χ3n) is 1.66. The van der Waals surface area contributed by atoms with Gasteiger partial charge >= 0.3 is 0 Å². The highest BCUT2D eigenvalue weighted by molar-refractivity contribution is 5.80. The molecule has 0 N–H and O–H groups in total. The molecule has 0 spiro atoms. The largest absolute Gasteiger partial charge is 0.286 e. The molecule has 0 aliphatic heterocycles. The van der Waals surface area contributed by atoms with Gasteiger partial charge in [0.15, 0.2) is 0 Å². The van der Waals surface area contributed by atoms with E-state index in [2.05, 4.69) is 0 Å². The van der Waals surface area contributed by atoms with Gasteiger partial charge in [0.1, 0.15) is 0 Å². The molecule has 0 atom stereocenters. The maximum Gasteiger partial charge on any atom is 0.225 e. The molecule has 0 saturated heterocycles. The second-order valence-corrected chi connectivity index (χ2v) is 2.53. The zero-order valence-corrected chi connectivity index (χ0v) is 7.44. The van der Waals surface area contributed by atoms with Crippen LogP contribution in [0.15, 0.2) is 36.4 Å². The highest BCUT2D eigenvalue weighted by Crippen LogP contribution is 2.11. The molecule has 0 saturated carbocycles. The minimum Gasteiger partial charge on any atom is -0.286 e. The van der Waals surface area contributed by atoms with Gasteiger partial charge in [-0.3, -0.25) is 9.59 Å². The number of hydrogen-bond donors (Lipinski definition) is 0. The van der Waals surface area contributed by atoms with Crippen molar-refractivity contribution in [1.29, 1.82) is 0 Å². The minimum absolute atomic E-state index is 0.863. The summed E-state index contributed by atoms with van der Waals surface area (Å²) >= 11 is 0. The Hall–Kier alpha value is -1.96. The Morgan fingerprint density at radius 3 is 1.64 bits per heavy atom. The van der Waals surface area contributed by atoms with Crippen LogP contribution in [-0.4, -0.2) is 12.6 Å². The lowest BCUT2D eigenvalue weighted by Gasteiger charge is -1.97. The molecule has 0 fully saturated rings. The topological polar surface area (TPSA) is 34.1 Å². The van der Waals surface area contributed by atoms with E-state index in [9.17, 15) is 9.59 Å². The Labute approximate surface area is 82.6 Å². The van der Waals surface area contributed by atoms with Crippen molar-refractivity contribution in [1.82, 2.24) is 0 Å². The van der Waals surface area contributed by atoms with Crippen LogP contribution in [0, 0.1) is 0 Å². The van der Waals surface area contributed by atoms with Crippen molar-refractivity contribution in [3.63, 3.8) is 0 Å². The molecule has 0 aromatic heterocycles. The first-order chi connectivity index (χ1) is 6.88. The average molecular weight is 184 g/mol. The molecule has 2 nitrogen and oxygen atoms in total. The van der Waals surface area contributed by atoms with E-state index < -0.39 is 0 Å². The second kappa shape index (κ2) is 5.65. The van der Waals surface area contributed by atoms with Crippen molar-refractivity contribution in [2.45, 2.75) is 0 Å². The van der Waals surface area contributed by atoms with Gasteiger partial charge in [-0.1, -0.05) is 36.4 Å². The number of rotatable bonds is 4. The summed E-state index contributed by atoms with van der Waals surface area (Å²) in [6, 6.07) is 7.40. The monoisotopic (exact) mass is 184 g/mol. The average Bonchev–Trinajstić information content (AvgIpc) is 2.24. The van der Waals surface area contributed by atoms with E-state index in [0.29, 0.717) is 0 Å². The lowest BCUT2D eigenvalue weighted by atomic mass is 10.1. The molecule has 0 heterocycles. The lowest BCUT2D eigenvalue weighted by Crippen LogP contribution is -1.79. The van der Waals surface area contributed by atoms with Gasteiger partial charge in [0.2, 0.25) is 12.6 Å². The summed E-state index contributed by atoms with van der Waals surface area (Å²) in [6.45, 7) is 0. The molecule has 1 aromatic carbocycles. The molecule has 2 radical (unpaired) electrons. The third kappa shape index (κ3) is 2.83. The van der Waals surface area contributed by atoms with Crippen LogP contribution in [0.1, 0.15) is 11.1 Å². The number of carbonyl (C=O) groups excluding carboxylic acids is 2. The van der Waals surface area contributed by atoms with Crippen LogP contribution in [0.3, 0.4) is 0 Å². The van der Waals surface area contributed by atoms with Crippen molar-refractivity contribution < 1.29 is 9.59 Å². The first-order valence-electron chi connectivity index (χ1n) is 4.06. The van der Waals surface area contributed by atoms with E-state index >= 15 is 0 Å². The molecule has 0 aliphatic rings. The quantitative estimate of drug-likeness (QED) is 0.670. The van der Waals surface area contributed by atoms with Gasteiger partial charge in [0, 0.05) is 0 Å². The van der Waals surface area contributed by atoms with E-state index in [1.165, 1.54) is 12.2 Å². The standard InChI is InChI=1S/C12H8O2/c13-9-3-7-11-5-1-2-6-12(11)8-4-10-14/h1-8H. The van der Waals surface area contributed by atoms with Gasteiger partial charge in [0.05, 0.1) is 0 Å². The molecule has 1 aromatic rings. The first-order valence-corrected chi connectivity index (χ1v) is 4.06. The highest BCUT2D eigenvalue weighted by atomic mass is 16.1. The van der Waals surface area contributed by atoms with Gasteiger partial charge in [-0.2, -0.15) is 0 Å². The molecular weight excluding hydrogens is 176 g/mol. The summed E-state index contributed by atoms with van der Waals surface area (Å²) in [5.41, 5.74) is 1.73. The molecule has 0 amide bonds. The zero-order chi connectivity index (χ0) is 10.2. The highest BCUT2D eigenvalue weighted by Gasteiger charge is 1.92. The number of benzene rings is 1. The van der Waals surface area contributed by atoms with Crippen LogP contribution in [0.5, 0.6) is 0 Å². The molecule has 0 bridgehead atoms. The van der Waals surface area contributed by atoms with Crippen molar-refractivity contribution in [3.05, 3.63) is 47.5 Å². The Balaban J connectivity index is 3.02. The maximum atomic E-state index is 10.0. The normalized spacial score (nSPS) is 10.9.